The van der Waals surface area contributed by atoms with Gasteiger partial charge in [0, 0.05) is 48.3 Å². The van der Waals surface area contributed by atoms with Gasteiger partial charge >= 0.3 is 0 Å². The fourth-order valence-corrected chi connectivity index (χ4v) is 4.20. The maximum absolute atomic E-state index is 11.8. The van der Waals surface area contributed by atoms with Crippen LogP contribution in [0.4, 0.5) is 5.69 Å². The molecule has 0 bridgehead atoms. The van der Waals surface area contributed by atoms with Gasteiger partial charge in [-0.15, -0.1) is 0 Å². The summed E-state index contributed by atoms with van der Waals surface area (Å²) in [6.07, 6.45) is 1.90. The fraction of sp³-hybridized carbons (Fsp3) is 0.667. The number of nitrogens with one attached hydrogen (secondary N) is 1. The van der Waals surface area contributed by atoms with Crippen LogP contribution >= 0.6 is 0 Å². The number of aromatic nitrogens is 1. The molecule has 0 aromatic carbocycles. The van der Waals surface area contributed by atoms with Crippen LogP contribution in [0.5, 0.6) is 0 Å². The van der Waals surface area contributed by atoms with Crippen molar-refractivity contribution in [3.8, 4) is 0 Å². The van der Waals surface area contributed by atoms with E-state index in [-0.39, 0.29) is 17.5 Å². The van der Waals surface area contributed by atoms with Crippen LogP contribution in [0.25, 0.3) is 0 Å². The van der Waals surface area contributed by atoms with Crippen LogP contribution in [-0.4, -0.2) is 43.5 Å². The van der Waals surface area contributed by atoms with Crippen LogP contribution in [0.15, 0.2) is 12.3 Å². The number of hydrogen-bond acceptors (Lipinski definition) is 5. The quantitative estimate of drug-likeness (QED) is 0.913. The van der Waals surface area contributed by atoms with Crippen molar-refractivity contribution in [3.63, 3.8) is 0 Å². The van der Waals surface area contributed by atoms with Gasteiger partial charge in [-0.2, -0.15) is 0 Å². The molecule has 2 heterocycles. The van der Waals surface area contributed by atoms with Crippen LogP contribution in [0.3, 0.4) is 0 Å². The largest absolute Gasteiger partial charge is 0.366 e. The molecule has 1 N–H and O–H groups in total. The summed E-state index contributed by atoms with van der Waals surface area (Å²) in [5, 5.41) is 3.41. The molecule has 1 saturated heterocycles. The second-order valence-electron chi connectivity index (χ2n) is 6.15. The van der Waals surface area contributed by atoms with Gasteiger partial charge in [0.05, 0.1) is 11.5 Å². The van der Waals surface area contributed by atoms with E-state index in [0.717, 1.165) is 23.5 Å². The minimum absolute atomic E-state index is 0.00310. The van der Waals surface area contributed by atoms with Gasteiger partial charge in [-0.25, -0.2) is 8.42 Å². The molecule has 5 nitrogen and oxygen atoms in total. The first-order chi connectivity index (χ1) is 9.78. The molecule has 0 spiro atoms. The molecule has 1 unspecified atom stereocenters. The Morgan fingerprint density at radius 3 is 2.81 bits per heavy atom. The third-order valence-electron chi connectivity index (χ3n) is 3.78. The molecule has 1 aromatic rings. The summed E-state index contributed by atoms with van der Waals surface area (Å²) in [5.41, 5.74) is 3.19. The standard InChI is InChI=1S/C15H25N3O2S/c1-11(2)16-8-14-9-17-12(3)7-15(14)18-5-6-21(19,20)10-13(18)4/h7,9,11,13,16H,5-6,8,10H2,1-4H3. The van der Waals surface area contributed by atoms with Crippen molar-refractivity contribution in [1.29, 1.82) is 0 Å². The predicted molar refractivity (Wildman–Crippen MR) is 86.4 cm³/mol. The van der Waals surface area contributed by atoms with Crippen LogP contribution < -0.4 is 10.2 Å². The Kier molecular flexibility index (Phi) is 4.88. The molecular formula is C15H25N3O2S. The third-order valence-corrected chi connectivity index (χ3v) is 5.57. The zero-order valence-corrected chi connectivity index (χ0v) is 14.1. The molecule has 0 amide bonds. The molecular weight excluding hydrogens is 286 g/mol. The molecule has 1 aromatic heterocycles. The maximum atomic E-state index is 11.8. The predicted octanol–water partition coefficient (Wildman–Crippen LogP) is 1.51. The summed E-state index contributed by atoms with van der Waals surface area (Å²) < 4.78 is 23.5. The molecule has 2 rings (SSSR count). The SMILES string of the molecule is Cc1cc(N2CCS(=O)(=O)CC2C)c(CNC(C)C)cn1. The first kappa shape index (κ1) is 16.2. The van der Waals surface area contributed by atoms with E-state index in [9.17, 15) is 8.42 Å². The molecule has 1 aliphatic rings. The summed E-state index contributed by atoms with van der Waals surface area (Å²) in [6, 6.07) is 2.47. The van der Waals surface area contributed by atoms with E-state index < -0.39 is 9.84 Å². The average molecular weight is 311 g/mol. The molecule has 118 valence electrons. The molecule has 0 radical (unpaired) electrons. The Balaban J connectivity index is 2.27. The first-order valence-corrected chi connectivity index (χ1v) is 9.26. The van der Waals surface area contributed by atoms with Crippen molar-refractivity contribution < 1.29 is 8.42 Å². The first-order valence-electron chi connectivity index (χ1n) is 7.44. The average Bonchev–Trinajstić information content (AvgIpc) is 2.36. The number of hydrogen-bond donors (Lipinski definition) is 1. The third kappa shape index (κ3) is 4.17. The molecule has 1 fully saturated rings. The van der Waals surface area contributed by atoms with E-state index in [1.54, 1.807) is 0 Å². The van der Waals surface area contributed by atoms with E-state index >= 15 is 0 Å². The Morgan fingerprint density at radius 1 is 1.48 bits per heavy atom. The molecule has 0 saturated carbocycles. The minimum atomic E-state index is -2.89. The molecule has 0 aliphatic carbocycles. The summed E-state index contributed by atoms with van der Waals surface area (Å²) in [7, 11) is -2.89. The highest BCUT2D eigenvalue weighted by Gasteiger charge is 2.29. The Morgan fingerprint density at radius 2 is 2.19 bits per heavy atom. The highest BCUT2D eigenvalue weighted by atomic mass is 32.2. The monoisotopic (exact) mass is 311 g/mol. The van der Waals surface area contributed by atoms with E-state index in [0.29, 0.717) is 12.6 Å². The Labute approximate surface area is 127 Å². The second kappa shape index (κ2) is 6.32. The van der Waals surface area contributed by atoms with Crippen LogP contribution in [0, 0.1) is 6.92 Å². The van der Waals surface area contributed by atoms with Crippen molar-refractivity contribution in [2.24, 2.45) is 0 Å². The van der Waals surface area contributed by atoms with Crippen LogP contribution in [0.1, 0.15) is 32.0 Å². The number of pyridine rings is 1. The Bertz CT molecular complexity index is 599. The van der Waals surface area contributed by atoms with Gasteiger partial charge in [0.1, 0.15) is 0 Å². The van der Waals surface area contributed by atoms with Gasteiger partial charge in [0.15, 0.2) is 9.84 Å². The van der Waals surface area contributed by atoms with E-state index in [4.69, 9.17) is 0 Å². The van der Waals surface area contributed by atoms with Crippen molar-refractivity contribution >= 4 is 15.5 Å². The zero-order valence-electron chi connectivity index (χ0n) is 13.3. The van der Waals surface area contributed by atoms with Gasteiger partial charge < -0.3 is 10.2 Å². The lowest BCUT2D eigenvalue weighted by molar-refractivity contribution is 0.564. The summed E-state index contributed by atoms with van der Waals surface area (Å²) in [6.45, 7) is 9.47. The molecule has 6 heteroatoms. The van der Waals surface area contributed by atoms with Gasteiger partial charge in [0.2, 0.25) is 0 Å². The highest BCUT2D eigenvalue weighted by Crippen LogP contribution is 2.26. The van der Waals surface area contributed by atoms with Gasteiger partial charge in [-0.05, 0) is 19.9 Å². The summed E-state index contributed by atoms with van der Waals surface area (Å²) in [4.78, 5) is 6.58. The lowest BCUT2D eigenvalue weighted by Crippen LogP contribution is -2.47. The van der Waals surface area contributed by atoms with E-state index in [1.807, 2.05) is 20.0 Å². The second-order valence-corrected chi connectivity index (χ2v) is 8.38. The Hall–Kier alpha value is -1.14. The van der Waals surface area contributed by atoms with E-state index in [2.05, 4.69) is 35.1 Å². The van der Waals surface area contributed by atoms with Crippen LogP contribution in [-0.2, 0) is 16.4 Å². The smallest absolute Gasteiger partial charge is 0.154 e. The van der Waals surface area contributed by atoms with E-state index in [1.165, 1.54) is 0 Å². The van der Waals surface area contributed by atoms with Crippen molar-refractivity contribution in [3.05, 3.63) is 23.5 Å². The number of anilines is 1. The summed E-state index contributed by atoms with van der Waals surface area (Å²) in [5.74, 6) is 0.460. The number of sulfone groups is 1. The topological polar surface area (TPSA) is 62.3 Å². The normalized spacial score (nSPS) is 21.8. The van der Waals surface area contributed by atoms with Gasteiger partial charge in [-0.3, -0.25) is 4.98 Å². The van der Waals surface area contributed by atoms with Crippen molar-refractivity contribution in [2.45, 2.75) is 46.3 Å². The van der Waals surface area contributed by atoms with Crippen molar-refractivity contribution in [2.75, 3.05) is 23.0 Å². The summed E-state index contributed by atoms with van der Waals surface area (Å²) >= 11 is 0. The molecule has 21 heavy (non-hydrogen) atoms. The van der Waals surface area contributed by atoms with Crippen molar-refractivity contribution in [1.82, 2.24) is 10.3 Å². The molecule has 1 atom stereocenters. The number of rotatable bonds is 4. The fourth-order valence-electron chi connectivity index (χ4n) is 2.65. The number of aryl methyl sites for hydroxylation is 1. The highest BCUT2D eigenvalue weighted by molar-refractivity contribution is 7.91. The number of nitrogens with zero attached hydrogens (tertiary/aromatic N) is 2. The lowest BCUT2D eigenvalue weighted by atomic mass is 10.1. The van der Waals surface area contributed by atoms with Gasteiger partial charge in [0.25, 0.3) is 0 Å². The maximum Gasteiger partial charge on any atom is 0.154 e. The minimum Gasteiger partial charge on any atom is -0.366 e. The zero-order chi connectivity index (χ0) is 15.6. The van der Waals surface area contributed by atoms with Gasteiger partial charge in [-0.1, -0.05) is 13.8 Å². The molecule has 1 aliphatic heterocycles. The van der Waals surface area contributed by atoms with Crippen LogP contribution in [0.2, 0.25) is 0 Å². The lowest BCUT2D eigenvalue weighted by Gasteiger charge is -2.36.